The molecule has 9 nitrogen and oxygen atoms in total. The summed E-state index contributed by atoms with van der Waals surface area (Å²) in [4.78, 5) is 0. The van der Waals surface area contributed by atoms with E-state index in [9.17, 15) is 26.5 Å². The van der Waals surface area contributed by atoms with Crippen LogP contribution in [0, 0.1) is 52.3 Å². The van der Waals surface area contributed by atoms with Gasteiger partial charge in [-0.25, -0.2) is 8.37 Å². The Hall–Kier alpha value is -0.300. The fourth-order valence-electron chi connectivity index (χ4n) is 9.72. The van der Waals surface area contributed by atoms with Crippen molar-refractivity contribution in [3.05, 3.63) is 0 Å². The molecule has 4 aliphatic carbocycles. The first-order chi connectivity index (χ1) is 16.6. The Bertz CT molecular complexity index is 1010. The molecule has 0 bridgehead atoms. The molecule has 0 amide bonds. The maximum atomic E-state index is 11.8. The molecule has 0 aromatic heterocycles. The molecule has 4 fully saturated rings. The van der Waals surface area contributed by atoms with Crippen LogP contribution in [0.2, 0.25) is 0 Å². The maximum absolute atomic E-state index is 11.8. The number of aliphatic hydroxyl groups excluding tert-OH is 1. The molecule has 0 aliphatic heterocycles. The lowest BCUT2D eigenvalue weighted by molar-refractivity contribution is -0.202. The number of rotatable bonds is 8. The third kappa shape index (κ3) is 5.27. The van der Waals surface area contributed by atoms with Gasteiger partial charge in [-0.2, -0.15) is 16.8 Å². The van der Waals surface area contributed by atoms with Gasteiger partial charge in [0.15, 0.2) is 0 Å². The second kappa shape index (κ2) is 10.0. The van der Waals surface area contributed by atoms with Crippen molar-refractivity contribution < 1.29 is 39.4 Å². The molecule has 0 heterocycles. The van der Waals surface area contributed by atoms with Gasteiger partial charge in [0.1, 0.15) is 0 Å². The molecule has 0 spiro atoms. The van der Waals surface area contributed by atoms with E-state index in [2.05, 4.69) is 31.9 Å². The van der Waals surface area contributed by atoms with E-state index < -0.39 is 33.0 Å². The SMILES string of the molecule is CC[C@H]1[C@@H](O)[C@@H]2[C@H](CC[C@]3(C)[C@@H]([C@H](C)CCOS(=O)(=O)O)CC[C@@H]23)[C@@]2(C)CC[C@@H](OS(=O)(=O)O)C[C@@H]12. The van der Waals surface area contributed by atoms with Gasteiger partial charge in [0.05, 0.1) is 18.8 Å². The molecule has 3 N–H and O–H groups in total. The molecule has 11 atom stereocenters. The van der Waals surface area contributed by atoms with Gasteiger partial charge in [-0.05, 0) is 104 Å². The summed E-state index contributed by atoms with van der Waals surface area (Å²) in [6, 6.07) is 0. The monoisotopic (exact) mass is 552 g/mol. The van der Waals surface area contributed by atoms with E-state index in [1.54, 1.807) is 0 Å². The van der Waals surface area contributed by atoms with E-state index >= 15 is 0 Å². The molecule has 0 aromatic carbocycles. The Kier molecular flexibility index (Phi) is 7.99. The number of hydrogen-bond acceptors (Lipinski definition) is 7. The summed E-state index contributed by atoms with van der Waals surface area (Å²) in [6.45, 7) is 8.88. The highest BCUT2D eigenvalue weighted by atomic mass is 32.3. The first kappa shape index (κ1) is 28.7. The number of fused-ring (bicyclic) bond motifs is 5. The van der Waals surface area contributed by atoms with Crippen LogP contribution in [0.3, 0.4) is 0 Å². The first-order valence-electron chi connectivity index (χ1n) is 13.6. The summed E-state index contributed by atoms with van der Waals surface area (Å²) >= 11 is 0. The van der Waals surface area contributed by atoms with E-state index in [1.807, 2.05) is 0 Å². The lowest BCUT2D eigenvalue weighted by Gasteiger charge is -2.64. The molecule has 36 heavy (non-hydrogen) atoms. The molecule has 0 unspecified atom stereocenters. The van der Waals surface area contributed by atoms with Crippen LogP contribution >= 0.6 is 0 Å². The van der Waals surface area contributed by atoms with E-state index in [-0.39, 0.29) is 41.1 Å². The van der Waals surface area contributed by atoms with Gasteiger partial charge >= 0.3 is 20.8 Å². The fraction of sp³-hybridized carbons (Fsp3) is 1.00. The summed E-state index contributed by atoms with van der Waals surface area (Å²) in [5.41, 5.74) is 0.0322. The molecule has 4 rings (SSSR count). The van der Waals surface area contributed by atoms with Crippen molar-refractivity contribution in [2.24, 2.45) is 52.3 Å². The Morgan fingerprint density at radius 1 is 0.917 bits per heavy atom. The summed E-state index contributed by atoms with van der Waals surface area (Å²) in [5, 5.41) is 11.8. The van der Waals surface area contributed by atoms with Gasteiger partial charge in [0, 0.05) is 0 Å². The van der Waals surface area contributed by atoms with Gasteiger partial charge in [-0.15, -0.1) is 0 Å². The minimum absolute atomic E-state index is 0.0159. The Labute approximate surface area is 216 Å². The lowest BCUT2D eigenvalue weighted by atomic mass is 9.41. The summed E-state index contributed by atoms with van der Waals surface area (Å²) in [7, 11) is -8.95. The first-order valence-corrected chi connectivity index (χ1v) is 16.3. The topological polar surface area (TPSA) is 147 Å². The van der Waals surface area contributed by atoms with E-state index in [0.29, 0.717) is 37.0 Å². The molecule has 11 heteroatoms. The lowest BCUT2D eigenvalue weighted by Crippen LogP contribution is -2.62. The van der Waals surface area contributed by atoms with Gasteiger partial charge in [0.2, 0.25) is 0 Å². The smallest absolute Gasteiger partial charge is 0.393 e. The third-order valence-electron chi connectivity index (χ3n) is 11.2. The molecule has 4 saturated carbocycles. The van der Waals surface area contributed by atoms with E-state index in [1.165, 1.54) is 0 Å². The highest BCUT2D eigenvalue weighted by molar-refractivity contribution is 7.81. The average Bonchev–Trinajstić information content (AvgIpc) is 3.10. The van der Waals surface area contributed by atoms with Crippen molar-refractivity contribution in [2.45, 2.75) is 97.7 Å². The zero-order valence-electron chi connectivity index (χ0n) is 21.9. The quantitative estimate of drug-likeness (QED) is 0.375. The molecular weight excluding hydrogens is 508 g/mol. The molecular formula is C25H44O9S2. The standard InChI is InChI=1S/C25H44O9S2/c1-5-17-21-14-16(34-36(30,31)32)8-11-25(21,4)20-9-12-24(3)18(6-7-19(24)22(20)23(17)26)15(2)10-13-33-35(27,28)29/h15-23,26H,5-14H2,1-4H3,(H,27,28,29)(H,30,31,32)/t15-,16-,17-,18-,19+,20+,21+,22+,23-,24-,25-/m1/s1. The summed E-state index contributed by atoms with van der Waals surface area (Å²) < 4.78 is 72.4. The predicted octanol–water partition coefficient (Wildman–Crippen LogP) is 4.29. The largest absolute Gasteiger partial charge is 0.397 e. The van der Waals surface area contributed by atoms with Crippen molar-refractivity contribution in [3.8, 4) is 0 Å². The van der Waals surface area contributed by atoms with Crippen LogP contribution in [-0.4, -0.2) is 49.9 Å². The maximum Gasteiger partial charge on any atom is 0.397 e. The molecule has 0 saturated heterocycles. The van der Waals surface area contributed by atoms with Crippen molar-refractivity contribution in [2.75, 3.05) is 6.61 Å². The highest BCUT2D eigenvalue weighted by Gasteiger charge is 2.65. The van der Waals surface area contributed by atoms with Crippen LogP contribution in [-0.2, 0) is 29.2 Å². The van der Waals surface area contributed by atoms with E-state index in [4.69, 9.17) is 8.74 Å². The second-order valence-electron chi connectivity index (χ2n) is 12.6. The van der Waals surface area contributed by atoms with Crippen molar-refractivity contribution >= 4 is 20.8 Å². The fourth-order valence-corrected chi connectivity index (χ4v) is 10.5. The number of aliphatic hydroxyl groups is 1. The predicted molar refractivity (Wildman–Crippen MR) is 133 cm³/mol. The Balaban J connectivity index is 1.55. The van der Waals surface area contributed by atoms with Gasteiger partial charge in [-0.1, -0.05) is 34.1 Å². The van der Waals surface area contributed by atoms with Crippen molar-refractivity contribution in [1.29, 1.82) is 0 Å². The van der Waals surface area contributed by atoms with Crippen molar-refractivity contribution in [1.82, 2.24) is 0 Å². The van der Waals surface area contributed by atoms with E-state index in [0.717, 1.165) is 38.5 Å². The van der Waals surface area contributed by atoms with Crippen LogP contribution < -0.4 is 0 Å². The van der Waals surface area contributed by atoms with Crippen LogP contribution in [0.1, 0.15) is 85.5 Å². The third-order valence-corrected chi connectivity index (χ3v) is 12.2. The van der Waals surface area contributed by atoms with Gasteiger partial charge in [-0.3, -0.25) is 9.11 Å². The highest BCUT2D eigenvalue weighted by Crippen LogP contribution is 2.69. The summed E-state index contributed by atoms with van der Waals surface area (Å²) in [6.07, 6.45) is 6.39. The molecule has 0 aromatic rings. The zero-order valence-corrected chi connectivity index (χ0v) is 23.5. The number of hydrogen-bond donors (Lipinski definition) is 3. The molecule has 0 radical (unpaired) electrons. The minimum Gasteiger partial charge on any atom is -0.393 e. The Morgan fingerprint density at radius 3 is 2.17 bits per heavy atom. The molecule has 4 aliphatic rings. The zero-order chi connectivity index (χ0) is 26.7. The molecule has 210 valence electrons. The van der Waals surface area contributed by atoms with Crippen LogP contribution in [0.25, 0.3) is 0 Å². The Morgan fingerprint density at radius 2 is 1.56 bits per heavy atom. The van der Waals surface area contributed by atoms with Crippen LogP contribution in [0.15, 0.2) is 0 Å². The minimum atomic E-state index is -4.51. The summed E-state index contributed by atoms with van der Waals surface area (Å²) in [5.74, 6) is 1.72. The van der Waals surface area contributed by atoms with Crippen LogP contribution in [0.4, 0.5) is 0 Å². The second-order valence-corrected chi connectivity index (χ2v) is 14.8. The van der Waals surface area contributed by atoms with Crippen molar-refractivity contribution in [3.63, 3.8) is 0 Å². The normalized spacial score (nSPS) is 46.0. The van der Waals surface area contributed by atoms with Gasteiger partial charge < -0.3 is 5.11 Å². The van der Waals surface area contributed by atoms with Gasteiger partial charge in [0.25, 0.3) is 0 Å². The average molecular weight is 553 g/mol. The van der Waals surface area contributed by atoms with Crippen LogP contribution in [0.5, 0.6) is 0 Å².